The number of rotatable bonds is 1. The summed E-state index contributed by atoms with van der Waals surface area (Å²) < 4.78 is 1.47. The largest absolute Gasteiger partial charge is 0.506 e. The van der Waals surface area contributed by atoms with E-state index in [0.29, 0.717) is 10.8 Å². The van der Waals surface area contributed by atoms with Crippen LogP contribution in [0.15, 0.2) is 36.5 Å². The molecule has 1 aromatic heterocycles. The number of halogens is 1. The van der Waals surface area contributed by atoms with Crippen molar-refractivity contribution < 1.29 is 5.11 Å². The molecule has 0 fully saturated rings. The number of benzene rings is 1. The van der Waals surface area contributed by atoms with Gasteiger partial charge in [-0.25, -0.2) is 4.68 Å². The number of nitrogens with zero attached hydrogens (tertiary/aromatic N) is 2. The summed E-state index contributed by atoms with van der Waals surface area (Å²) in [5.41, 5.74) is 0.581. The third kappa shape index (κ3) is 1.38. The Bertz CT molecular complexity index is 425. The van der Waals surface area contributed by atoms with Crippen LogP contribution in [0, 0.1) is 0 Å². The van der Waals surface area contributed by atoms with Gasteiger partial charge in [-0.1, -0.05) is 23.7 Å². The van der Waals surface area contributed by atoms with Crippen LogP contribution in [-0.4, -0.2) is 14.9 Å². The number of aromatic nitrogens is 2. The third-order valence-electron chi connectivity index (χ3n) is 1.71. The Balaban J connectivity index is 2.59. The summed E-state index contributed by atoms with van der Waals surface area (Å²) >= 11 is 5.84. The quantitative estimate of drug-likeness (QED) is 0.756. The molecule has 1 N–H and O–H groups in total. The zero-order valence-electron chi connectivity index (χ0n) is 6.68. The lowest BCUT2D eigenvalue weighted by Crippen LogP contribution is -1.95. The molecule has 0 saturated heterocycles. The lowest BCUT2D eigenvalue weighted by molar-refractivity contribution is 0.470. The van der Waals surface area contributed by atoms with E-state index < -0.39 is 0 Å². The van der Waals surface area contributed by atoms with Crippen molar-refractivity contribution in [3.05, 3.63) is 41.7 Å². The molecule has 2 rings (SSSR count). The molecule has 0 spiro atoms. The molecule has 0 radical (unpaired) electrons. The summed E-state index contributed by atoms with van der Waals surface area (Å²) in [5, 5.41) is 13.9. The summed E-state index contributed by atoms with van der Waals surface area (Å²) in [6, 6.07) is 8.55. The van der Waals surface area contributed by atoms with Crippen molar-refractivity contribution in [3.8, 4) is 11.4 Å². The molecular formula is C9H7ClN2O. The second kappa shape index (κ2) is 3.11. The van der Waals surface area contributed by atoms with Gasteiger partial charge in [0, 0.05) is 0 Å². The van der Waals surface area contributed by atoms with Crippen LogP contribution in [0.4, 0.5) is 0 Å². The second-order valence-electron chi connectivity index (χ2n) is 2.55. The van der Waals surface area contributed by atoms with Gasteiger partial charge in [-0.15, -0.1) is 0 Å². The highest BCUT2D eigenvalue weighted by atomic mass is 35.5. The van der Waals surface area contributed by atoms with Crippen LogP contribution < -0.4 is 0 Å². The number of para-hydroxylation sites is 2. The Morgan fingerprint density at radius 3 is 2.62 bits per heavy atom. The first kappa shape index (κ1) is 8.13. The third-order valence-corrected chi connectivity index (χ3v) is 1.99. The predicted molar refractivity (Wildman–Crippen MR) is 50.2 cm³/mol. The second-order valence-corrected chi connectivity index (χ2v) is 2.94. The van der Waals surface area contributed by atoms with E-state index in [4.69, 9.17) is 11.6 Å². The molecule has 4 heteroatoms. The Morgan fingerprint density at radius 1 is 1.23 bits per heavy atom. The summed E-state index contributed by atoms with van der Waals surface area (Å²) in [4.78, 5) is 0. The van der Waals surface area contributed by atoms with Gasteiger partial charge in [0.25, 0.3) is 0 Å². The first-order valence-corrected chi connectivity index (χ1v) is 4.15. The molecule has 0 amide bonds. The number of hydrogen-bond donors (Lipinski definition) is 1. The van der Waals surface area contributed by atoms with Gasteiger partial charge in [-0.2, -0.15) is 5.10 Å². The molecule has 13 heavy (non-hydrogen) atoms. The number of phenolic OH excluding ortho intramolecular Hbond substituents is 1. The average Bonchev–Trinajstić information content (AvgIpc) is 2.52. The van der Waals surface area contributed by atoms with Gasteiger partial charge in [0.15, 0.2) is 0 Å². The fraction of sp³-hybridized carbons (Fsp3) is 0. The molecule has 1 aromatic carbocycles. The molecule has 1 heterocycles. The van der Waals surface area contributed by atoms with E-state index in [2.05, 4.69) is 5.10 Å². The fourth-order valence-electron chi connectivity index (χ4n) is 1.11. The minimum Gasteiger partial charge on any atom is -0.506 e. The maximum absolute atomic E-state index is 9.49. The molecule has 66 valence electrons. The van der Waals surface area contributed by atoms with Crippen molar-refractivity contribution in [1.29, 1.82) is 0 Å². The normalized spacial score (nSPS) is 10.2. The van der Waals surface area contributed by atoms with E-state index in [1.165, 1.54) is 4.68 Å². The highest BCUT2D eigenvalue weighted by Crippen LogP contribution is 2.23. The Labute approximate surface area is 80.2 Å². The van der Waals surface area contributed by atoms with Crippen LogP contribution in [0.3, 0.4) is 0 Å². The monoisotopic (exact) mass is 194 g/mol. The predicted octanol–water partition coefficient (Wildman–Crippen LogP) is 2.23. The molecule has 0 bridgehead atoms. The SMILES string of the molecule is Oc1ccccc1-n1nccc1Cl. The molecular weight excluding hydrogens is 188 g/mol. The van der Waals surface area contributed by atoms with Crippen LogP contribution in [-0.2, 0) is 0 Å². The van der Waals surface area contributed by atoms with Gasteiger partial charge in [0.1, 0.15) is 16.6 Å². The van der Waals surface area contributed by atoms with Crippen LogP contribution in [0.25, 0.3) is 5.69 Å². The van der Waals surface area contributed by atoms with Crippen LogP contribution in [0.1, 0.15) is 0 Å². The maximum Gasteiger partial charge on any atom is 0.141 e. The van der Waals surface area contributed by atoms with Crippen molar-refractivity contribution in [3.63, 3.8) is 0 Å². The van der Waals surface area contributed by atoms with Gasteiger partial charge in [-0.05, 0) is 18.2 Å². The van der Waals surface area contributed by atoms with E-state index in [-0.39, 0.29) is 5.75 Å². The zero-order valence-corrected chi connectivity index (χ0v) is 7.44. The standard InChI is InChI=1S/C9H7ClN2O/c10-9-5-6-11-12(9)7-3-1-2-4-8(7)13/h1-6,13H. The van der Waals surface area contributed by atoms with E-state index >= 15 is 0 Å². The Kier molecular flexibility index (Phi) is 1.94. The molecule has 0 aliphatic rings. The lowest BCUT2D eigenvalue weighted by Gasteiger charge is -2.04. The van der Waals surface area contributed by atoms with E-state index in [1.807, 2.05) is 6.07 Å². The summed E-state index contributed by atoms with van der Waals surface area (Å²) in [6.07, 6.45) is 1.58. The highest BCUT2D eigenvalue weighted by Gasteiger charge is 2.05. The number of aromatic hydroxyl groups is 1. The van der Waals surface area contributed by atoms with Crippen LogP contribution in [0.5, 0.6) is 5.75 Å². The zero-order chi connectivity index (χ0) is 9.26. The molecule has 0 aliphatic carbocycles. The average molecular weight is 195 g/mol. The van der Waals surface area contributed by atoms with Gasteiger partial charge >= 0.3 is 0 Å². The number of hydrogen-bond acceptors (Lipinski definition) is 2. The summed E-state index contributed by atoms with van der Waals surface area (Å²) in [7, 11) is 0. The van der Waals surface area contributed by atoms with Gasteiger partial charge in [0.05, 0.1) is 6.20 Å². The van der Waals surface area contributed by atoms with E-state index in [9.17, 15) is 5.11 Å². The molecule has 3 nitrogen and oxygen atoms in total. The van der Waals surface area contributed by atoms with E-state index in [1.54, 1.807) is 30.5 Å². The van der Waals surface area contributed by atoms with Crippen molar-refractivity contribution in [2.75, 3.05) is 0 Å². The van der Waals surface area contributed by atoms with Crippen molar-refractivity contribution >= 4 is 11.6 Å². The van der Waals surface area contributed by atoms with Gasteiger partial charge in [0.2, 0.25) is 0 Å². The van der Waals surface area contributed by atoms with Gasteiger partial charge in [-0.3, -0.25) is 0 Å². The number of phenols is 1. The fourth-order valence-corrected chi connectivity index (χ4v) is 1.30. The molecule has 2 aromatic rings. The minimum atomic E-state index is 0.160. The van der Waals surface area contributed by atoms with Crippen molar-refractivity contribution in [1.82, 2.24) is 9.78 Å². The van der Waals surface area contributed by atoms with Crippen molar-refractivity contribution in [2.45, 2.75) is 0 Å². The van der Waals surface area contributed by atoms with E-state index in [0.717, 1.165) is 0 Å². The molecule has 0 saturated carbocycles. The maximum atomic E-state index is 9.49. The van der Waals surface area contributed by atoms with Gasteiger partial charge < -0.3 is 5.11 Å². The summed E-state index contributed by atoms with van der Waals surface area (Å²) in [5.74, 6) is 0.160. The Hall–Kier alpha value is -1.48. The van der Waals surface area contributed by atoms with Crippen LogP contribution in [0.2, 0.25) is 5.15 Å². The topological polar surface area (TPSA) is 38.0 Å². The first-order valence-electron chi connectivity index (χ1n) is 3.77. The highest BCUT2D eigenvalue weighted by molar-refractivity contribution is 6.29. The minimum absolute atomic E-state index is 0.160. The van der Waals surface area contributed by atoms with Crippen molar-refractivity contribution in [2.24, 2.45) is 0 Å². The molecule has 0 aliphatic heterocycles. The Morgan fingerprint density at radius 2 is 2.00 bits per heavy atom. The first-order chi connectivity index (χ1) is 6.29. The lowest BCUT2D eigenvalue weighted by atomic mass is 10.3. The molecule has 0 atom stereocenters. The van der Waals surface area contributed by atoms with Crippen LogP contribution >= 0.6 is 11.6 Å². The smallest absolute Gasteiger partial charge is 0.141 e. The molecule has 0 unspecified atom stereocenters. The summed E-state index contributed by atoms with van der Waals surface area (Å²) in [6.45, 7) is 0.